The molecule has 1 aromatic rings. The number of hydrogen-bond acceptors (Lipinski definition) is 2. The molecule has 86 valence electrons. The van der Waals surface area contributed by atoms with E-state index in [-0.39, 0.29) is 6.07 Å². The summed E-state index contributed by atoms with van der Waals surface area (Å²) in [5.41, 5.74) is -2.19. The van der Waals surface area contributed by atoms with Crippen molar-refractivity contribution in [3.8, 4) is 0 Å². The Kier molecular flexibility index (Phi) is 2.97. The third-order valence-electron chi connectivity index (χ3n) is 1.73. The number of alkyl halides is 3. The van der Waals surface area contributed by atoms with Crippen LogP contribution in [0.2, 0.25) is 0 Å². The van der Waals surface area contributed by atoms with Crippen LogP contribution < -0.4 is 0 Å². The lowest BCUT2D eigenvalue weighted by atomic mass is 10.1. The summed E-state index contributed by atoms with van der Waals surface area (Å²) >= 11 is 0. The van der Waals surface area contributed by atoms with Gasteiger partial charge in [0.1, 0.15) is 5.82 Å². The van der Waals surface area contributed by atoms with E-state index in [1.54, 1.807) is 0 Å². The molecule has 1 N–H and O–H groups in total. The number of hydrogen-bond donors (Lipinski definition) is 1. The highest BCUT2D eigenvalue weighted by Crippen LogP contribution is 2.31. The quantitative estimate of drug-likeness (QED) is 0.486. The molecule has 0 radical (unpaired) electrons. The lowest BCUT2D eigenvalue weighted by Gasteiger charge is -2.07. The summed E-state index contributed by atoms with van der Waals surface area (Å²) in [7, 11) is 0. The third kappa shape index (κ3) is 2.36. The van der Waals surface area contributed by atoms with Crippen LogP contribution >= 0.6 is 0 Å². The van der Waals surface area contributed by atoms with Crippen LogP contribution in [0.15, 0.2) is 18.2 Å². The maximum atomic E-state index is 12.9. The molecule has 0 aliphatic rings. The number of benzene rings is 1. The van der Waals surface area contributed by atoms with Crippen molar-refractivity contribution in [1.29, 1.82) is 0 Å². The molecular formula is C9H4F4O3. The van der Waals surface area contributed by atoms with E-state index in [2.05, 4.69) is 0 Å². The molecule has 7 heteroatoms. The number of rotatable bonds is 2. The van der Waals surface area contributed by atoms with Gasteiger partial charge in [-0.15, -0.1) is 0 Å². The first-order valence-corrected chi connectivity index (χ1v) is 3.88. The standard InChI is InChI=1S/C9H4F4O3/c10-6-3-4(7(14)8(15)16)1-2-5(6)9(11,12)13/h1-3H,(H,15,16). The number of carbonyl (C=O) groups is 2. The predicted molar refractivity (Wildman–Crippen MR) is 43.4 cm³/mol. The maximum Gasteiger partial charge on any atom is 0.419 e. The van der Waals surface area contributed by atoms with Crippen LogP contribution in [0, 0.1) is 5.82 Å². The zero-order valence-corrected chi connectivity index (χ0v) is 7.51. The first-order chi connectivity index (χ1) is 7.23. The van der Waals surface area contributed by atoms with E-state index in [4.69, 9.17) is 5.11 Å². The van der Waals surface area contributed by atoms with Gasteiger partial charge in [0.15, 0.2) is 0 Å². The fourth-order valence-corrected chi connectivity index (χ4v) is 1.01. The summed E-state index contributed by atoms with van der Waals surface area (Å²) in [4.78, 5) is 21.0. The van der Waals surface area contributed by atoms with E-state index < -0.39 is 34.9 Å². The first-order valence-electron chi connectivity index (χ1n) is 3.88. The fourth-order valence-electron chi connectivity index (χ4n) is 1.01. The molecule has 0 fully saturated rings. The Balaban J connectivity index is 3.19. The predicted octanol–water partition coefficient (Wildman–Crippen LogP) is 2.11. The van der Waals surface area contributed by atoms with Crippen molar-refractivity contribution < 1.29 is 32.3 Å². The number of carboxylic acid groups (broad SMARTS) is 1. The maximum absolute atomic E-state index is 12.9. The van der Waals surface area contributed by atoms with E-state index in [9.17, 15) is 27.2 Å². The monoisotopic (exact) mass is 236 g/mol. The van der Waals surface area contributed by atoms with Gasteiger partial charge in [-0.25, -0.2) is 9.18 Å². The Morgan fingerprint density at radius 2 is 1.75 bits per heavy atom. The minimum absolute atomic E-state index is 0.249. The van der Waals surface area contributed by atoms with Gasteiger partial charge < -0.3 is 5.11 Å². The van der Waals surface area contributed by atoms with Crippen molar-refractivity contribution in [3.05, 3.63) is 35.1 Å². The van der Waals surface area contributed by atoms with Gasteiger partial charge in [0.2, 0.25) is 0 Å². The molecule has 0 unspecified atom stereocenters. The third-order valence-corrected chi connectivity index (χ3v) is 1.73. The van der Waals surface area contributed by atoms with Gasteiger partial charge in [0, 0.05) is 5.56 Å². The summed E-state index contributed by atoms with van der Waals surface area (Å²) in [5, 5.41) is 8.26. The van der Waals surface area contributed by atoms with Gasteiger partial charge in [0.25, 0.3) is 5.78 Å². The second-order valence-corrected chi connectivity index (χ2v) is 2.83. The number of aliphatic carboxylic acids is 1. The molecule has 0 saturated heterocycles. The zero-order chi connectivity index (χ0) is 12.5. The van der Waals surface area contributed by atoms with Gasteiger partial charge in [-0.2, -0.15) is 13.2 Å². The minimum Gasteiger partial charge on any atom is -0.475 e. The van der Waals surface area contributed by atoms with Gasteiger partial charge in [-0.1, -0.05) is 0 Å². The molecule has 0 spiro atoms. The lowest BCUT2D eigenvalue weighted by molar-refractivity contribution is -0.140. The SMILES string of the molecule is O=C(O)C(=O)c1ccc(C(F)(F)F)c(F)c1. The van der Waals surface area contributed by atoms with Gasteiger partial charge in [-0.3, -0.25) is 4.79 Å². The van der Waals surface area contributed by atoms with Crippen molar-refractivity contribution in [2.24, 2.45) is 0 Å². The number of carboxylic acids is 1. The molecule has 3 nitrogen and oxygen atoms in total. The molecule has 0 saturated carbocycles. The molecule has 0 atom stereocenters. The second kappa shape index (κ2) is 3.92. The Morgan fingerprint density at radius 1 is 1.19 bits per heavy atom. The van der Waals surface area contributed by atoms with Gasteiger partial charge in [-0.05, 0) is 18.2 Å². The Bertz CT molecular complexity index is 451. The summed E-state index contributed by atoms with van der Waals surface area (Å²) in [5.74, 6) is -5.01. The van der Waals surface area contributed by atoms with Crippen LogP contribution in [-0.4, -0.2) is 16.9 Å². The first kappa shape index (κ1) is 12.2. The van der Waals surface area contributed by atoms with Crippen molar-refractivity contribution in [1.82, 2.24) is 0 Å². The van der Waals surface area contributed by atoms with Crippen molar-refractivity contribution in [2.75, 3.05) is 0 Å². The summed E-state index contributed by atoms with van der Waals surface area (Å²) in [6.07, 6.45) is -4.88. The molecule has 0 heterocycles. The Hall–Kier alpha value is -1.92. The summed E-state index contributed by atoms with van der Waals surface area (Å²) < 4.78 is 49.2. The van der Waals surface area contributed by atoms with Crippen LogP contribution in [0.25, 0.3) is 0 Å². The topological polar surface area (TPSA) is 54.4 Å². The Labute approximate surface area is 86.3 Å². The van der Waals surface area contributed by atoms with Crippen molar-refractivity contribution in [3.63, 3.8) is 0 Å². The van der Waals surface area contributed by atoms with E-state index in [1.165, 1.54) is 0 Å². The molecule has 0 amide bonds. The van der Waals surface area contributed by atoms with Crippen LogP contribution in [0.3, 0.4) is 0 Å². The van der Waals surface area contributed by atoms with Crippen LogP contribution in [0.1, 0.15) is 15.9 Å². The Morgan fingerprint density at radius 3 is 2.12 bits per heavy atom. The van der Waals surface area contributed by atoms with E-state index in [0.29, 0.717) is 12.1 Å². The molecule has 1 rings (SSSR count). The average Bonchev–Trinajstić information content (AvgIpc) is 2.14. The van der Waals surface area contributed by atoms with E-state index in [1.807, 2.05) is 0 Å². The second-order valence-electron chi connectivity index (χ2n) is 2.83. The van der Waals surface area contributed by atoms with Crippen LogP contribution in [-0.2, 0) is 11.0 Å². The van der Waals surface area contributed by atoms with E-state index in [0.717, 1.165) is 0 Å². The molecular weight excluding hydrogens is 232 g/mol. The molecule has 0 aromatic heterocycles. The van der Waals surface area contributed by atoms with Crippen LogP contribution in [0.4, 0.5) is 17.6 Å². The highest BCUT2D eigenvalue weighted by Gasteiger charge is 2.34. The van der Waals surface area contributed by atoms with Crippen molar-refractivity contribution >= 4 is 11.8 Å². The number of halogens is 4. The number of carbonyl (C=O) groups excluding carboxylic acids is 1. The van der Waals surface area contributed by atoms with Crippen molar-refractivity contribution in [2.45, 2.75) is 6.18 Å². The van der Waals surface area contributed by atoms with Gasteiger partial charge >= 0.3 is 12.1 Å². The zero-order valence-electron chi connectivity index (χ0n) is 7.51. The largest absolute Gasteiger partial charge is 0.475 e. The lowest BCUT2D eigenvalue weighted by Crippen LogP contribution is -2.14. The highest BCUT2D eigenvalue weighted by molar-refractivity contribution is 6.39. The normalized spacial score (nSPS) is 11.2. The van der Waals surface area contributed by atoms with E-state index >= 15 is 0 Å². The number of ketones is 1. The molecule has 16 heavy (non-hydrogen) atoms. The smallest absolute Gasteiger partial charge is 0.419 e. The fraction of sp³-hybridized carbons (Fsp3) is 0.111. The molecule has 0 bridgehead atoms. The van der Waals surface area contributed by atoms with Crippen LogP contribution in [0.5, 0.6) is 0 Å². The minimum atomic E-state index is -4.88. The van der Waals surface area contributed by atoms with Gasteiger partial charge in [0.05, 0.1) is 5.56 Å². The molecule has 0 aliphatic carbocycles. The molecule has 1 aromatic carbocycles. The molecule has 0 aliphatic heterocycles. The summed E-state index contributed by atoms with van der Waals surface area (Å²) in [6, 6.07) is 1.19. The highest BCUT2D eigenvalue weighted by atomic mass is 19.4. The number of Topliss-reactive ketones (excluding diaryl/α,β-unsaturated/α-hetero) is 1. The summed E-state index contributed by atoms with van der Waals surface area (Å²) in [6.45, 7) is 0. The average molecular weight is 236 g/mol.